The maximum absolute atomic E-state index is 13.5. The van der Waals surface area contributed by atoms with E-state index < -0.39 is 23.4 Å². The summed E-state index contributed by atoms with van der Waals surface area (Å²) < 4.78 is 40.3. The summed E-state index contributed by atoms with van der Waals surface area (Å²) in [5.74, 6) is -3.57. The Morgan fingerprint density at radius 2 is 2.00 bits per heavy atom. The van der Waals surface area contributed by atoms with E-state index in [2.05, 4.69) is 0 Å². The number of thioether (sulfide) groups is 1. The van der Waals surface area contributed by atoms with Crippen molar-refractivity contribution in [1.29, 1.82) is 0 Å². The van der Waals surface area contributed by atoms with Crippen LogP contribution in [-0.2, 0) is 4.79 Å². The number of carbonyl (C=O) groups is 1. The van der Waals surface area contributed by atoms with Crippen molar-refractivity contribution in [3.63, 3.8) is 0 Å². The third kappa shape index (κ3) is 2.40. The SMILES string of the molecule is CSc1c(F)cc(C(C)CC=O)c(F)c1F. The second-order valence-electron chi connectivity index (χ2n) is 3.41. The molecule has 1 atom stereocenters. The fourth-order valence-electron chi connectivity index (χ4n) is 1.41. The van der Waals surface area contributed by atoms with Crippen LogP contribution in [0.4, 0.5) is 13.2 Å². The van der Waals surface area contributed by atoms with Gasteiger partial charge in [0.1, 0.15) is 12.1 Å². The van der Waals surface area contributed by atoms with Gasteiger partial charge in [-0.3, -0.25) is 0 Å². The van der Waals surface area contributed by atoms with Gasteiger partial charge in [0, 0.05) is 6.42 Å². The van der Waals surface area contributed by atoms with Crippen LogP contribution in [0.5, 0.6) is 0 Å². The Labute approximate surface area is 96.0 Å². The van der Waals surface area contributed by atoms with E-state index in [1.165, 1.54) is 6.26 Å². The summed E-state index contributed by atoms with van der Waals surface area (Å²) in [6.07, 6.45) is 2.10. The maximum Gasteiger partial charge on any atom is 0.175 e. The number of halogens is 3. The van der Waals surface area contributed by atoms with Crippen LogP contribution in [0.15, 0.2) is 11.0 Å². The van der Waals surface area contributed by atoms with Crippen LogP contribution in [0.1, 0.15) is 24.8 Å². The Balaban J connectivity index is 3.27. The zero-order valence-corrected chi connectivity index (χ0v) is 9.71. The molecule has 0 N–H and O–H groups in total. The first-order chi connectivity index (χ1) is 7.52. The highest BCUT2D eigenvalue weighted by Gasteiger charge is 2.21. The normalized spacial score (nSPS) is 12.6. The summed E-state index contributed by atoms with van der Waals surface area (Å²) in [5, 5.41) is 0. The first kappa shape index (κ1) is 13.1. The fourth-order valence-corrected chi connectivity index (χ4v) is 1.94. The molecule has 88 valence electrons. The summed E-state index contributed by atoms with van der Waals surface area (Å²) in [5.41, 5.74) is -0.0973. The standard InChI is InChI=1S/C11H11F3OS/c1-6(3-4-15)7-5-8(12)11(16-2)10(14)9(7)13/h4-6H,3H2,1-2H3. The molecular formula is C11H11F3OS. The minimum atomic E-state index is -1.18. The van der Waals surface area contributed by atoms with E-state index in [1.54, 1.807) is 6.92 Å². The highest BCUT2D eigenvalue weighted by molar-refractivity contribution is 7.98. The van der Waals surface area contributed by atoms with Crippen molar-refractivity contribution in [2.24, 2.45) is 0 Å². The predicted octanol–water partition coefficient (Wildman–Crippen LogP) is 3.52. The molecule has 0 radical (unpaired) electrons. The number of carbonyl (C=O) groups excluding carboxylic acids is 1. The largest absolute Gasteiger partial charge is 0.303 e. The van der Waals surface area contributed by atoms with Crippen LogP contribution in [0, 0.1) is 17.5 Å². The van der Waals surface area contributed by atoms with E-state index in [0.717, 1.165) is 17.8 Å². The molecule has 16 heavy (non-hydrogen) atoms. The van der Waals surface area contributed by atoms with Gasteiger partial charge in [0.15, 0.2) is 11.6 Å². The molecule has 0 saturated heterocycles. The molecule has 1 unspecified atom stereocenters. The van der Waals surface area contributed by atoms with E-state index in [0.29, 0.717) is 6.29 Å². The van der Waals surface area contributed by atoms with Crippen LogP contribution < -0.4 is 0 Å². The Morgan fingerprint density at radius 3 is 2.50 bits per heavy atom. The van der Waals surface area contributed by atoms with Gasteiger partial charge in [0.25, 0.3) is 0 Å². The van der Waals surface area contributed by atoms with Crippen molar-refractivity contribution in [2.45, 2.75) is 24.2 Å². The van der Waals surface area contributed by atoms with Gasteiger partial charge < -0.3 is 4.79 Å². The fraction of sp³-hybridized carbons (Fsp3) is 0.364. The first-order valence-corrected chi connectivity index (χ1v) is 5.90. The van der Waals surface area contributed by atoms with Crippen LogP contribution in [0.2, 0.25) is 0 Å². The quantitative estimate of drug-likeness (QED) is 0.460. The number of aldehydes is 1. The molecule has 5 heteroatoms. The Morgan fingerprint density at radius 1 is 1.38 bits per heavy atom. The lowest BCUT2D eigenvalue weighted by atomic mass is 9.97. The molecule has 0 spiro atoms. The van der Waals surface area contributed by atoms with Gasteiger partial charge in [0.2, 0.25) is 0 Å². The van der Waals surface area contributed by atoms with Crippen molar-refractivity contribution >= 4 is 18.0 Å². The predicted molar refractivity (Wildman–Crippen MR) is 57.2 cm³/mol. The molecule has 0 fully saturated rings. The number of hydrogen-bond donors (Lipinski definition) is 0. The highest BCUT2D eigenvalue weighted by Crippen LogP contribution is 2.31. The topological polar surface area (TPSA) is 17.1 Å². The molecule has 0 bridgehead atoms. The average Bonchev–Trinajstić information content (AvgIpc) is 2.24. The third-order valence-corrected chi connectivity index (χ3v) is 3.11. The minimum Gasteiger partial charge on any atom is -0.303 e. The lowest BCUT2D eigenvalue weighted by molar-refractivity contribution is -0.108. The van der Waals surface area contributed by atoms with Crippen LogP contribution in [0.3, 0.4) is 0 Å². The van der Waals surface area contributed by atoms with Gasteiger partial charge in [-0.2, -0.15) is 0 Å². The molecule has 0 aliphatic rings. The molecule has 0 aliphatic carbocycles. The number of hydrogen-bond acceptors (Lipinski definition) is 2. The third-order valence-electron chi connectivity index (χ3n) is 2.33. The molecule has 0 saturated carbocycles. The summed E-state index contributed by atoms with van der Waals surface area (Å²) >= 11 is 0.810. The van der Waals surface area contributed by atoms with Gasteiger partial charge in [-0.05, 0) is 23.8 Å². The van der Waals surface area contributed by atoms with Crippen molar-refractivity contribution in [3.05, 3.63) is 29.1 Å². The van der Waals surface area contributed by atoms with Gasteiger partial charge >= 0.3 is 0 Å². The molecule has 0 aromatic heterocycles. The van der Waals surface area contributed by atoms with Crippen LogP contribution in [0.25, 0.3) is 0 Å². The van der Waals surface area contributed by atoms with E-state index in [1.807, 2.05) is 0 Å². The second kappa shape index (κ2) is 5.39. The lowest BCUT2D eigenvalue weighted by Crippen LogP contribution is -2.04. The Hall–Kier alpha value is -0.970. The van der Waals surface area contributed by atoms with Crippen molar-refractivity contribution in [1.82, 2.24) is 0 Å². The first-order valence-electron chi connectivity index (χ1n) is 4.67. The van der Waals surface area contributed by atoms with E-state index >= 15 is 0 Å². The second-order valence-corrected chi connectivity index (χ2v) is 4.23. The van der Waals surface area contributed by atoms with Gasteiger partial charge in [0.05, 0.1) is 4.90 Å². The van der Waals surface area contributed by atoms with Gasteiger partial charge in [-0.25, -0.2) is 13.2 Å². The molecule has 1 nitrogen and oxygen atoms in total. The van der Waals surface area contributed by atoms with Crippen molar-refractivity contribution in [3.8, 4) is 0 Å². The zero-order chi connectivity index (χ0) is 12.3. The maximum atomic E-state index is 13.5. The molecule has 0 amide bonds. The summed E-state index contributed by atoms with van der Waals surface area (Å²) in [4.78, 5) is 9.95. The van der Waals surface area contributed by atoms with Crippen molar-refractivity contribution < 1.29 is 18.0 Å². The molecule has 1 aromatic rings. The van der Waals surface area contributed by atoms with E-state index in [9.17, 15) is 18.0 Å². The number of benzene rings is 1. The lowest BCUT2D eigenvalue weighted by Gasteiger charge is -2.12. The summed E-state index contributed by atoms with van der Waals surface area (Å²) in [7, 11) is 0. The van der Waals surface area contributed by atoms with E-state index in [4.69, 9.17) is 0 Å². The van der Waals surface area contributed by atoms with Gasteiger partial charge in [-0.15, -0.1) is 11.8 Å². The molecule has 1 aromatic carbocycles. The Bertz CT molecular complexity index is 407. The number of rotatable bonds is 4. The smallest absolute Gasteiger partial charge is 0.175 e. The van der Waals surface area contributed by atoms with Crippen LogP contribution >= 0.6 is 11.8 Å². The zero-order valence-electron chi connectivity index (χ0n) is 8.89. The average molecular weight is 248 g/mol. The van der Waals surface area contributed by atoms with E-state index in [-0.39, 0.29) is 16.9 Å². The highest BCUT2D eigenvalue weighted by atomic mass is 32.2. The summed E-state index contributed by atoms with van der Waals surface area (Å²) in [6.45, 7) is 1.55. The van der Waals surface area contributed by atoms with Crippen molar-refractivity contribution in [2.75, 3.05) is 6.26 Å². The Kier molecular flexibility index (Phi) is 4.41. The minimum absolute atomic E-state index is 0.0361. The monoisotopic (exact) mass is 248 g/mol. The molecular weight excluding hydrogens is 237 g/mol. The molecule has 0 aliphatic heterocycles. The summed E-state index contributed by atoms with van der Waals surface area (Å²) in [6, 6.07) is 0.957. The van der Waals surface area contributed by atoms with Gasteiger partial charge in [-0.1, -0.05) is 6.92 Å². The molecule has 1 rings (SSSR count). The molecule has 0 heterocycles. The van der Waals surface area contributed by atoms with Crippen LogP contribution in [-0.4, -0.2) is 12.5 Å².